The molecule has 0 aromatic carbocycles. The fourth-order valence-electron chi connectivity index (χ4n) is 1.35. The SMILES string of the molecule is C/C=C\C1=C(/C=C\C)C(=O)OB(C(C)C)O1. The van der Waals surface area contributed by atoms with Gasteiger partial charge in [0.1, 0.15) is 5.76 Å². The highest BCUT2D eigenvalue weighted by Gasteiger charge is 2.36. The van der Waals surface area contributed by atoms with Gasteiger partial charge in [-0.2, -0.15) is 0 Å². The van der Waals surface area contributed by atoms with Crippen molar-refractivity contribution >= 4 is 13.1 Å². The van der Waals surface area contributed by atoms with Crippen molar-refractivity contribution < 1.29 is 14.1 Å². The van der Waals surface area contributed by atoms with Crippen molar-refractivity contribution in [3.8, 4) is 0 Å². The molecule has 0 atom stereocenters. The largest absolute Gasteiger partial charge is 0.599 e. The van der Waals surface area contributed by atoms with Crippen molar-refractivity contribution in [1.29, 1.82) is 0 Å². The van der Waals surface area contributed by atoms with Gasteiger partial charge >= 0.3 is 13.1 Å². The minimum absolute atomic E-state index is 0.136. The monoisotopic (exact) mass is 220 g/mol. The molecule has 0 unspecified atom stereocenters. The van der Waals surface area contributed by atoms with E-state index in [9.17, 15) is 4.79 Å². The van der Waals surface area contributed by atoms with Gasteiger partial charge in [0.2, 0.25) is 0 Å². The van der Waals surface area contributed by atoms with Crippen molar-refractivity contribution in [3.05, 3.63) is 35.6 Å². The molecule has 4 heteroatoms. The molecule has 0 N–H and O–H groups in total. The Morgan fingerprint density at radius 1 is 1.12 bits per heavy atom. The van der Waals surface area contributed by atoms with Crippen LogP contribution < -0.4 is 0 Å². The standard InChI is InChI=1S/C12H17BO3/c1-5-7-10-11(8-6-2)15-13(9(3)4)16-12(10)14/h5-9H,1-4H3/b7-5-,8-6-. The molecular weight excluding hydrogens is 203 g/mol. The van der Waals surface area contributed by atoms with Crippen LogP contribution in [0.1, 0.15) is 27.7 Å². The smallest absolute Gasteiger partial charge is 0.525 e. The Morgan fingerprint density at radius 2 is 1.75 bits per heavy atom. The van der Waals surface area contributed by atoms with Crippen LogP contribution in [0.25, 0.3) is 0 Å². The van der Waals surface area contributed by atoms with E-state index in [2.05, 4.69) is 0 Å². The molecule has 0 bridgehead atoms. The summed E-state index contributed by atoms with van der Waals surface area (Å²) in [6.07, 6.45) is 7.12. The molecule has 0 aliphatic carbocycles. The first-order valence-corrected chi connectivity index (χ1v) is 5.47. The lowest BCUT2D eigenvalue weighted by atomic mass is 9.73. The molecule has 0 fully saturated rings. The van der Waals surface area contributed by atoms with Crippen molar-refractivity contribution in [2.75, 3.05) is 0 Å². The highest BCUT2D eigenvalue weighted by Crippen LogP contribution is 2.24. The lowest BCUT2D eigenvalue weighted by Gasteiger charge is -2.25. The van der Waals surface area contributed by atoms with Crippen LogP contribution in [-0.2, 0) is 14.1 Å². The molecule has 0 amide bonds. The first-order chi connectivity index (χ1) is 7.60. The fraction of sp³-hybridized carbons (Fsp3) is 0.417. The van der Waals surface area contributed by atoms with Crippen LogP contribution in [0.2, 0.25) is 5.82 Å². The Hall–Kier alpha value is -1.45. The van der Waals surface area contributed by atoms with Crippen LogP contribution in [0.3, 0.4) is 0 Å². The first kappa shape index (κ1) is 12.6. The van der Waals surface area contributed by atoms with Gasteiger partial charge in [0, 0.05) is 5.82 Å². The van der Waals surface area contributed by atoms with Crippen molar-refractivity contribution in [3.63, 3.8) is 0 Å². The number of allylic oxidation sites excluding steroid dienone is 3. The normalized spacial score (nSPS) is 17.6. The third kappa shape index (κ3) is 2.78. The summed E-state index contributed by atoms with van der Waals surface area (Å²) < 4.78 is 10.8. The van der Waals surface area contributed by atoms with E-state index in [4.69, 9.17) is 9.31 Å². The first-order valence-electron chi connectivity index (χ1n) is 5.47. The minimum Gasteiger partial charge on any atom is -0.525 e. The average Bonchev–Trinajstić information content (AvgIpc) is 2.23. The lowest BCUT2D eigenvalue weighted by molar-refractivity contribution is -0.132. The Morgan fingerprint density at radius 3 is 2.25 bits per heavy atom. The van der Waals surface area contributed by atoms with Gasteiger partial charge in [-0.1, -0.05) is 26.0 Å². The predicted molar refractivity (Wildman–Crippen MR) is 64.7 cm³/mol. The Bertz CT molecular complexity index is 353. The summed E-state index contributed by atoms with van der Waals surface area (Å²) in [4.78, 5) is 11.7. The van der Waals surface area contributed by atoms with Gasteiger partial charge in [0.05, 0.1) is 5.57 Å². The van der Waals surface area contributed by atoms with E-state index in [0.29, 0.717) is 11.3 Å². The molecule has 0 aromatic heterocycles. The van der Waals surface area contributed by atoms with E-state index in [1.807, 2.05) is 33.8 Å². The fourth-order valence-corrected chi connectivity index (χ4v) is 1.35. The summed E-state index contributed by atoms with van der Waals surface area (Å²) in [6, 6.07) is 0. The molecule has 1 heterocycles. The second kappa shape index (κ2) is 5.59. The van der Waals surface area contributed by atoms with E-state index in [1.54, 1.807) is 18.2 Å². The van der Waals surface area contributed by atoms with Crippen LogP contribution in [0, 0.1) is 0 Å². The quantitative estimate of drug-likeness (QED) is 0.686. The molecule has 1 aliphatic rings. The number of carbonyl (C=O) groups excluding carboxylic acids is 1. The Balaban J connectivity index is 3.06. The summed E-state index contributed by atoms with van der Waals surface area (Å²) in [5.74, 6) is 0.392. The molecule has 0 aromatic rings. The number of carbonyl (C=O) groups is 1. The molecule has 1 aliphatic heterocycles. The van der Waals surface area contributed by atoms with Gasteiger partial charge in [0.25, 0.3) is 0 Å². The summed E-state index contributed by atoms with van der Waals surface area (Å²) in [5.41, 5.74) is 0.470. The second-order valence-corrected chi connectivity index (χ2v) is 3.91. The molecule has 0 saturated carbocycles. The van der Waals surface area contributed by atoms with E-state index >= 15 is 0 Å². The van der Waals surface area contributed by atoms with E-state index in [0.717, 1.165) is 0 Å². The van der Waals surface area contributed by atoms with Gasteiger partial charge in [-0.3, -0.25) is 0 Å². The van der Waals surface area contributed by atoms with E-state index < -0.39 is 7.12 Å². The molecule has 1 rings (SSSR count). The van der Waals surface area contributed by atoms with Gasteiger partial charge in [0.15, 0.2) is 0 Å². The molecule has 3 nitrogen and oxygen atoms in total. The number of hydrogen-bond donors (Lipinski definition) is 0. The molecule has 86 valence electrons. The molecule has 16 heavy (non-hydrogen) atoms. The molecule has 0 saturated heterocycles. The van der Waals surface area contributed by atoms with Crippen LogP contribution in [-0.4, -0.2) is 13.1 Å². The summed E-state index contributed by atoms with van der Waals surface area (Å²) >= 11 is 0. The topological polar surface area (TPSA) is 35.5 Å². The number of hydrogen-bond acceptors (Lipinski definition) is 3. The molecule has 0 radical (unpaired) electrons. The molecule has 0 spiro atoms. The minimum atomic E-state index is -0.493. The third-order valence-electron chi connectivity index (χ3n) is 2.15. The van der Waals surface area contributed by atoms with E-state index in [-0.39, 0.29) is 11.8 Å². The van der Waals surface area contributed by atoms with Gasteiger partial charge in [-0.05, 0) is 26.0 Å². The predicted octanol–water partition coefficient (Wildman–Crippen LogP) is 2.86. The van der Waals surface area contributed by atoms with Gasteiger partial charge in [-0.15, -0.1) is 0 Å². The highest BCUT2D eigenvalue weighted by molar-refractivity contribution is 6.50. The maximum atomic E-state index is 11.7. The van der Waals surface area contributed by atoms with Crippen LogP contribution >= 0.6 is 0 Å². The zero-order chi connectivity index (χ0) is 12.1. The van der Waals surface area contributed by atoms with Crippen LogP contribution in [0.15, 0.2) is 35.6 Å². The summed E-state index contributed by atoms with van der Waals surface area (Å²) in [7, 11) is -0.493. The average molecular weight is 220 g/mol. The highest BCUT2D eigenvalue weighted by atomic mass is 16.6. The second-order valence-electron chi connectivity index (χ2n) is 3.91. The maximum Gasteiger partial charge on any atom is 0.599 e. The Kier molecular flexibility index (Phi) is 4.41. The van der Waals surface area contributed by atoms with Gasteiger partial charge < -0.3 is 9.31 Å². The Labute approximate surface area is 97.0 Å². The molecular formula is C12H17BO3. The summed E-state index contributed by atoms with van der Waals surface area (Å²) in [6.45, 7) is 7.63. The van der Waals surface area contributed by atoms with E-state index in [1.165, 1.54) is 0 Å². The van der Waals surface area contributed by atoms with Crippen molar-refractivity contribution in [2.45, 2.75) is 33.5 Å². The summed E-state index contributed by atoms with van der Waals surface area (Å²) in [5, 5.41) is 0. The van der Waals surface area contributed by atoms with Gasteiger partial charge in [-0.25, -0.2) is 4.79 Å². The zero-order valence-electron chi connectivity index (χ0n) is 10.2. The number of rotatable bonds is 3. The van der Waals surface area contributed by atoms with Crippen LogP contribution in [0.5, 0.6) is 0 Å². The maximum absolute atomic E-state index is 11.7. The van der Waals surface area contributed by atoms with Crippen LogP contribution in [0.4, 0.5) is 0 Å². The third-order valence-corrected chi connectivity index (χ3v) is 2.15. The zero-order valence-corrected chi connectivity index (χ0v) is 10.2. The van der Waals surface area contributed by atoms with Crippen molar-refractivity contribution in [1.82, 2.24) is 0 Å². The lowest BCUT2D eigenvalue weighted by Crippen LogP contribution is -2.34. The van der Waals surface area contributed by atoms with Crippen molar-refractivity contribution in [2.24, 2.45) is 0 Å².